The molecule has 0 heterocycles. The number of carbonyl (C=O) groups excluding carboxylic acids is 1. The lowest BCUT2D eigenvalue weighted by atomic mass is 9.89. The quantitative estimate of drug-likeness (QED) is 0.610. The summed E-state index contributed by atoms with van der Waals surface area (Å²) < 4.78 is 0. The first-order valence-electron chi connectivity index (χ1n) is 4.34. The van der Waals surface area contributed by atoms with E-state index in [2.05, 4.69) is 13.8 Å². The third-order valence-electron chi connectivity index (χ3n) is 2.91. The molecule has 1 rings (SSSR count). The fraction of sp³-hybridized carbons (Fsp3) is 0.889. The normalized spacial score (nSPS) is 44.3. The van der Waals surface area contributed by atoms with Crippen LogP contribution >= 0.6 is 0 Å². The maximum absolute atomic E-state index is 10.6. The molecule has 0 aromatic heterocycles. The average molecular weight is 156 g/mol. The molecule has 2 nitrogen and oxygen atoms in total. The van der Waals surface area contributed by atoms with Crippen molar-refractivity contribution in [3.63, 3.8) is 0 Å². The van der Waals surface area contributed by atoms with Crippen molar-refractivity contribution in [2.24, 2.45) is 17.8 Å². The molecule has 0 saturated heterocycles. The van der Waals surface area contributed by atoms with E-state index in [-0.39, 0.29) is 12.0 Å². The lowest BCUT2D eigenvalue weighted by molar-refractivity contribution is -0.114. The van der Waals surface area contributed by atoms with Gasteiger partial charge in [0, 0.05) is 5.92 Å². The minimum absolute atomic E-state index is 0.102. The van der Waals surface area contributed by atoms with Gasteiger partial charge < -0.3 is 9.90 Å². The molecule has 1 saturated carbocycles. The van der Waals surface area contributed by atoms with E-state index in [0.29, 0.717) is 11.8 Å². The Morgan fingerprint density at radius 3 is 2.64 bits per heavy atom. The number of aliphatic hydroxyl groups excluding tert-OH is 1. The zero-order chi connectivity index (χ0) is 8.43. The van der Waals surface area contributed by atoms with Crippen molar-refractivity contribution in [3.05, 3.63) is 0 Å². The van der Waals surface area contributed by atoms with E-state index >= 15 is 0 Å². The highest BCUT2D eigenvalue weighted by atomic mass is 16.3. The van der Waals surface area contributed by atoms with Crippen LogP contribution < -0.4 is 0 Å². The topological polar surface area (TPSA) is 37.3 Å². The van der Waals surface area contributed by atoms with Gasteiger partial charge in [0.25, 0.3) is 0 Å². The maximum atomic E-state index is 10.6. The van der Waals surface area contributed by atoms with Gasteiger partial charge in [-0.1, -0.05) is 20.3 Å². The molecular weight excluding hydrogens is 140 g/mol. The van der Waals surface area contributed by atoms with Gasteiger partial charge in [0.05, 0.1) is 6.10 Å². The molecule has 4 atom stereocenters. The second-order valence-corrected chi connectivity index (χ2v) is 3.57. The van der Waals surface area contributed by atoms with Crippen molar-refractivity contribution in [2.45, 2.75) is 32.8 Å². The van der Waals surface area contributed by atoms with E-state index in [1.54, 1.807) is 0 Å². The predicted octanol–water partition coefficient (Wildman–Crippen LogP) is 1.23. The zero-order valence-electron chi connectivity index (χ0n) is 7.16. The fourth-order valence-electron chi connectivity index (χ4n) is 2.24. The number of carbonyl (C=O) groups is 1. The average Bonchev–Trinajstić information content (AvgIpc) is 2.24. The summed E-state index contributed by atoms with van der Waals surface area (Å²) >= 11 is 0. The van der Waals surface area contributed by atoms with Crippen molar-refractivity contribution < 1.29 is 9.90 Å². The van der Waals surface area contributed by atoms with Gasteiger partial charge in [-0.2, -0.15) is 0 Å². The lowest BCUT2D eigenvalue weighted by Crippen LogP contribution is -2.20. The van der Waals surface area contributed by atoms with Crippen LogP contribution in [0.25, 0.3) is 0 Å². The molecule has 64 valence electrons. The van der Waals surface area contributed by atoms with Crippen molar-refractivity contribution >= 4 is 6.29 Å². The molecular formula is C9H16O2. The van der Waals surface area contributed by atoms with Crippen LogP contribution in [-0.4, -0.2) is 17.5 Å². The Hall–Kier alpha value is -0.370. The number of aliphatic hydroxyl groups is 1. The monoisotopic (exact) mass is 156 g/mol. The van der Waals surface area contributed by atoms with Crippen molar-refractivity contribution in [1.29, 1.82) is 0 Å². The van der Waals surface area contributed by atoms with Gasteiger partial charge in [0.2, 0.25) is 0 Å². The van der Waals surface area contributed by atoms with Gasteiger partial charge in [0.15, 0.2) is 0 Å². The number of aldehydes is 1. The fourth-order valence-corrected chi connectivity index (χ4v) is 2.24. The summed E-state index contributed by atoms with van der Waals surface area (Å²) in [5.41, 5.74) is 0. The molecule has 0 aromatic rings. The van der Waals surface area contributed by atoms with Crippen LogP contribution in [0.4, 0.5) is 0 Å². The molecule has 0 amide bonds. The second kappa shape index (κ2) is 3.35. The van der Waals surface area contributed by atoms with Gasteiger partial charge in [0.1, 0.15) is 6.29 Å². The third kappa shape index (κ3) is 1.45. The van der Waals surface area contributed by atoms with Gasteiger partial charge in [-0.25, -0.2) is 0 Å². The molecule has 0 unspecified atom stereocenters. The first-order chi connectivity index (χ1) is 5.20. The highest BCUT2D eigenvalue weighted by Gasteiger charge is 2.38. The van der Waals surface area contributed by atoms with Crippen LogP contribution in [0.15, 0.2) is 0 Å². The van der Waals surface area contributed by atoms with Crippen LogP contribution in [-0.2, 0) is 4.79 Å². The number of hydrogen-bond acceptors (Lipinski definition) is 2. The Kier molecular flexibility index (Phi) is 2.66. The second-order valence-electron chi connectivity index (χ2n) is 3.57. The standard InChI is InChI=1S/C9H16O2/c1-3-7-6(2)4-9(11)8(7)5-10/h5-9,11H,3-4H2,1-2H3/t6-,7+,8-,9+/m0/s1. The smallest absolute Gasteiger partial charge is 0.125 e. The lowest BCUT2D eigenvalue weighted by Gasteiger charge is -2.16. The van der Waals surface area contributed by atoms with Gasteiger partial charge in [-0.3, -0.25) is 0 Å². The highest BCUT2D eigenvalue weighted by Crippen LogP contribution is 2.37. The summed E-state index contributed by atoms with van der Waals surface area (Å²) in [7, 11) is 0. The van der Waals surface area contributed by atoms with Gasteiger partial charge in [-0.05, 0) is 18.3 Å². The van der Waals surface area contributed by atoms with Crippen LogP contribution in [0.1, 0.15) is 26.7 Å². The molecule has 1 aliphatic carbocycles. The van der Waals surface area contributed by atoms with E-state index in [1.807, 2.05) is 0 Å². The molecule has 1 fully saturated rings. The number of hydrogen-bond donors (Lipinski definition) is 1. The molecule has 11 heavy (non-hydrogen) atoms. The van der Waals surface area contributed by atoms with E-state index < -0.39 is 0 Å². The first kappa shape index (κ1) is 8.72. The summed E-state index contributed by atoms with van der Waals surface area (Å²) in [5.74, 6) is 0.808. The molecule has 0 aliphatic heterocycles. The van der Waals surface area contributed by atoms with Crippen molar-refractivity contribution in [1.82, 2.24) is 0 Å². The van der Waals surface area contributed by atoms with E-state index in [9.17, 15) is 9.90 Å². The highest BCUT2D eigenvalue weighted by molar-refractivity contribution is 5.55. The third-order valence-corrected chi connectivity index (χ3v) is 2.91. The summed E-state index contributed by atoms with van der Waals surface area (Å²) in [6, 6.07) is 0. The van der Waals surface area contributed by atoms with Crippen LogP contribution in [0.5, 0.6) is 0 Å². The van der Waals surface area contributed by atoms with Crippen molar-refractivity contribution in [2.75, 3.05) is 0 Å². The summed E-state index contributed by atoms with van der Waals surface area (Å²) in [5, 5.41) is 9.43. The van der Waals surface area contributed by atoms with Crippen LogP contribution in [0.3, 0.4) is 0 Å². The Balaban J connectivity index is 2.66. The minimum atomic E-state index is -0.382. The summed E-state index contributed by atoms with van der Waals surface area (Å²) in [4.78, 5) is 10.6. The SMILES string of the molecule is CC[C@H]1[C@H](C=O)[C@H](O)C[C@@H]1C. The number of rotatable bonds is 2. The van der Waals surface area contributed by atoms with Crippen LogP contribution in [0, 0.1) is 17.8 Å². The molecule has 0 aromatic carbocycles. The largest absolute Gasteiger partial charge is 0.392 e. The van der Waals surface area contributed by atoms with Crippen molar-refractivity contribution in [3.8, 4) is 0 Å². The van der Waals surface area contributed by atoms with Crippen LogP contribution in [0.2, 0.25) is 0 Å². The Labute approximate surface area is 67.6 Å². The van der Waals surface area contributed by atoms with Gasteiger partial charge in [-0.15, -0.1) is 0 Å². The predicted molar refractivity (Wildman–Crippen MR) is 43.1 cm³/mol. The van der Waals surface area contributed by atoms with Gasteiger partial charge >= 0.3 is 0 Å². The molecule has 0 radical (unpaired) electrons. The Morgan fingerprint density at radius 1 is 1.64 bits per heavy atom. The molecule has 2 heteroatoms. The minimum Gasteiger partial charge on any atom is -0.392 e. The Bertz CT molecular complexity index is 144. The summed E-state index contributed by atoms with van der Waals surface area (Å²) in [6.45, 7) is 4.19. The zero-order valence-corrected chi connectivity index (χ0v) is 7.16. The maximum Gasteiger partial charge on any atom is 0.125 e. The summed E-state index contributed by atoms with van der Waals surface area (Å²) in [6.07, 6.45) is 2.33. The molecule has 0 spiro atoms. The molecule has 1 aliphatic rings. The van der Waals surface area contributed by atoms with E-state index in [1.165, 1.54) is 0 Å². The Morgan fingerprint density at radius 2 is 2.27 bits per heavy atom. The molecule has 1 N–H and O–H groups in total. The van der Waals surface area contributed by atoms with E-state index in [4.69, 9.17) is 0 Å². The van der Waals surface area contributed by atoms with E-state index in [0.717, 1.165) is 19.1 Å². The molecule has 0 bridgehead atoms. The first-order valence-corrected chi connectivity index (χ1v) is 4.34.